The smallest absolute Gasteiger partial charge is 0.236 e. The van der Waals surface area contributed by atoms with Crippen LogP contribution in [0.5, 0.6) is 0 Å². The molecule has 2 heterocycles. The third-order valence-corrected chi connectivity index (χ3v) is 2.68. The number of para-hydroxylation sites is 2. The Kier molecular flexibility index (Phi) is 2.57. The van der Waals surface area contributed by atoms with E-state index in [1.807, 2.05) is 24.3 Å². The van der Waals surface area contributed by atoms with Crippen LogP contribution in [-0.4, -0.2) is 30.6 Å². The molecule has 2 aromatic heterocycles. The normalized spacial score (nSPS) is 11.9. The second-order valence-electron chi connectivity index (χ2n) is 3.83. The molecular formula is C12H10N6O. The van der Waals surface area contributed by atoms with Crippen molar-refractivity contribution in [3.05, 3.63) is 48.5 Å². The average molecular weight is 254 g/mol. The van der Waals surface area contributed by atoms with Crippen LogP contribution < -0.4 is 5.73 Å². The summed E-state index contributed by atoms with van der Waals surface area (Å²) in [5.74, 6) is 0.353. The monoisotopic (exact) mass is 254 g/mol. The molecule has 0 amide bonds. The van der Waals surface area contributed by atoms with Gasteiger partial charge in [-0.1, -0.05) is 17.3 Å². The molecule has 0 saturated heterocycles. The molecular weight excluding hydrogens is 244 g/mol. The fourth-order valence-electron chi connectivity index (χ4n) is 1.78. The first kappa shape index (κ1) is 11.1. The molecule has 7 nitrogen and oxygen atoms in total. The summed E-state index contributed by atoms with van der Waals surface area (Å²) in [7, 11) is 0. The Morgan fingerprint density at radius 2 is 2.05 bits per heavy atom. The van der Waals surface area contributed by atoms with Gasteiger partial charge in [-0.2, -0.15) is 0 Å². The van der Waals surface area contributed by atoms with Crippen molar-refractivity contribution >= 4 is 16.9 Å². The lowest BCUT2D eigenvalue weighted by molar-refractivity contribution is 0.318. The molecule has 94 valence electrons. The predicted molar refractivity (Wildman–Crippen MR) is 69.2 cm³/mol. The summed E-state index contributed by atoms with van der Waals surface area (Å²) in [6, 6.07) is 9.21. The number of hydrogen-bond donors (Lipinski definition) is 2. The Hall–Kier alpha value is -2.96. The zero-order valence-corrected chi connectivity index (χ0v) is 9.80. The number of rotatable bonds is 2. The number of nitrogens with two attached hydrogens (primary N) is 1. The predicted octanol–water partition coefficient (Wildman–Crippen LogP) is 0.910. The van der Waals surface area contributed by atoms with Crippen molar-refractivity contribution < 1.29 is 5.21 Å². The van der Waals surface area contributed by atoms with Crippen LogP contribution in [0.1, 0.15) is 5.69 Å². The Bertz CT molecular complexity index is 764. The lowest BCUT2D eigenvalue weighted by Gasteiger charge is -2.03. The van der Waals surface area contributed by atoms with Gasteiger partial charge < -0.3 is 10.9 Å². The minimum Gasteiger partial charge on any atom is -0.409 e. The summed E-state index contributed by atoms with van der Waals surface area (Å²) in [4.78, 5) is 12.7. The van der Waals surface area contributed by atoms with Gasteiger partial charge in [0, 0.05) is 6.20 Å². The highest BCUT2D eigenvalue weighted by molar-refractivity contribution is 5.95. The summed E-state index contributed by atoms with van der Waals surface area (Å²) in [6.07, 6.45) is 3.18. The Labute approximate surface area is 108 Å². The zero-order valence-electron chi connectivity index (χ0n) is 9.80. The zero-order chi connectivity index (χ0) is 13.2. The van der Waals surface area contributed by atoms with Crippen molar-refractivity contribution in [3.63, 3.8) is 0 Å². The first-order valence-electron chi connectivity index (χ1n) is 5.53. The molecule has 19 heavy (non-hydrogen) atoms. The van der Waals surface area contributed by atoms with Gasteiger partial charge in [-0.15, -0.1) is 0 Å². The van der Waals surface area contributed by atoms with E-state index in [-0.39, 0.29) is 5.84 Å². The third-order valence-electron chi connectivity index (χ3n) is 2.68. The molecule has 0 bridgehead atoms. The minimum atomic E-state index is -0.0620. The van der Waals surface area contributed by atoms with Crippen molar-refractivity contribution in [1.29, 1.82) is 0 Å². The molecule has 0 atom stereocenters. The Morgan fingerprint density at radius 3 is 2.89 bits per heavy atom. The number of imidazole rings is 1. The molecule has 0 saturated carbocycles. The number of fused-ring (bicyclic) bond motifs is 1. The van der Waals surface area contributed by atoms with Gasteiger partial charge in [0.2, 0.25) is 5.95 Å². The molecule has 3 N–H and O–H groups in total. The molecule has 0 aliphatic carbocycles. The fraction of sp³-hybridized carbons (Fsp3) is 0. The van der Waals surface area contributed by atoms with Crippen molar-refractivity contribution in [2.24, 2.45) is 10.9 Å². The highest BCUT2D eigenvalue weighted by Crippen LogP contribution is 2.15. The summed E-state index contributed by atoms with van der Waals surface area (Å²) in [6.45, 7) is 0. The van der Waals surface area contributed by atoms with Crippen molar-refractivity contribution in [2.75, 3.05) is 0 Å². The van der Waals surface area contributed by atoms with Gasteiger partial charge in [0.05, 0.1) is 11.0 Å². The van der Waals surface area contributed by atoms with Gasteiger partial charge in [-0.05, 0) is 18.2 Å². The van der Waals surface area contributed by atoms with Crippen molar-refractivity contribution in [2.45, 2.75) is 0 Å². The average Bonchev–Trinajstić information content (AvgIpc) is 2.90. The van der Waals surface area contributed by atoms with Gasteiger partial charge in [0.25, 0.3) is 0 Å². The summed E-state index contributed by atoms with van der Waals surface area (Å²) < 4.78 is 1.74. The second kappa shape index (κ2) is 4.37. The lowest BCUT2D eigenvalue weighted by Crippen LogP contribution is -2.16. The quantitative estimate of drug-likeness (QED) is 0.306. The van der Waals surface area contributed by atoms with Crippen molar-refractivity contribution in [3.8, 4) is 5.95 Å². The van der Waals surface area contributed by atoms with Gasteiger partial charge in [0.1, 0.15) is 12.0 Å². The molecule has 0 aliphatic heterocycles. The molecule has 0 unspecified atom stereocenters. The maximum absolute atomic E-state index is 8.66. The van der Waals surface area contributed by atoms with E-state index in [0.717, 1.165) is 11.0 Å². The van der Waals surface area contributed by atoms with E-state index in [2.05, 4.69) is 20.1 Å². The molecule has 1 aromatic carbocycles. The molecule has 0 spiro atoms. The number of aromatic nitrogens is 4. The van der Waals surface area contributed by atoms with E-state index >= 15 is 0 Å². The first-order valence-corrected chi connectivity index (χ1v) is 5.53. The van der Waals surface area contributed by atoms with Crippen LogP contribution in [-0.2, 0) is 0 Å². The van der Waals surface area contributed by atoms with Gasteiger partial charge in [0.15, 0.2) is 5.84 Å². The van der Waals surface area contributed by atoms with E-state index in [9.17, 15) is 0 Å². The Morgan fingerprint density at radius 1 is 1.21 bits per heavy atom. The van der Waals surface area contributed by atoms with Gasteiger partial charge >= 0.3 is 0 Å². The molecule has 3 aromatic rings. The first-order chi connectivity index (χ1) is 9.29. The van der Waals surface area contributed by atoms with Crippen LogP contribution >= 0.6 is 0 Å². The number of oxime groups is 1. The van der Waals surface area contributed by atoms with Crippen LogP contribution in [0.4, 0.5) is 0 Å². The lowest BCUT2D eigenvalue weighted by atomic mass is 10.3. The van der Waals surface area contributed by atoms with Gasteiger partial charge in [-0.3, -0.25) is 4.57 Å². The highest BCUT2D eigenvalue weighted by atomic mass is 16.4. The number of benzene rings is 1. The van der Waals surface area contributed by atoms with Crippen LogP contribution in [0.2, 0.25) is 0 Å². The van der Waals surface area contributed by atoms with Gasteiger partial charge in [-0.25, -0.2) is 15.0 Å². The summed E-state index contributed by atoms with van der Waals surface area (Å²) >= 11 is 0. The standard InChI is InChI=1S/C12H10N6O/c13-11(17-19)9-5-6-14-12(16-9)18-7-15-8-3-1-2-4-10(8)18/h1-7,19H,(H2,13,17). The highest BCUT2D eigenvalue weighted by Gasteiger charge is 2.08. The number of hydrogen-bond acceptors (Lipinski definition) is 5. The topological polar surface area (TPSA) is 102 Å². The molecule has 0 fully saturated rings. The van der Waals surface area contributed by atoms with Crippen LogP contribution in [0.3, 0.4) is 0 Å². The van der Waals surface area contributed by atoms with E-state index in [1.54, 1.807) is 23.2 Å². The largest absolute Gasteiger partial charge is 0.409 e. The number of nitrogens with zero attached hydrogens (tertiary/aromatic N) is 5. The molecule has 0 radical (unpaired) electrons. The van der Waals surface area contributed by atoms with E-state index in [1.165, 1.54) is 0 Å². The summed E-state index contributed by atoms with van der Waals surface area (Å²) in [5, 5.41) is 11.6. The van der Waals surface area contributed by atoms with Crippen molar-refractivity contribution in [1.82, 2.24) is 19.5 Å². The Balaban J connectivity index is 2.17. The number of amidine groups is 1. The van der Waals surface area contributed by atoms with E-state index in [0.29, 0.717) is 11.6 Å². The second-order valence-corrected chi connectivity index (χ2v) is 3.83. The van der Waals surface area contributed by atoms with Crippen LogP contribution in [0.25, 0.3) is 17.0 Å². The third kappa shape index (κ3) is 1.86. The minimum absolute atomic E-state index is 0.0620. The summed E-state index contributed by atoms with van der Waals surface area (Å²) in [5.41, 5.74) is 7.60. The maximum Gasteiger partial charge on any atom is 0.236 e. The van der Waals surface area contributed by atoms with Crippen LogP contribution in [0.15, 0.2) is 48.0 Å². The molecule has 3 rings (SSSR count). The van der Waals surface area contributed by atoms with E-state index < -0.39 is 0 Å². The maximum atomic E-state index is 8.66. The SMILES string of the molecule is N/C(=N/O)c1ccnc(-n2cnc3ccccc32)n1. The molecule has 7 heteroatoms. The van der Waals surface area contributed by atoms with Crippen LogP contribution in [0, 0.1) is 0 Å². The molecule has 0 aliphatic rings. The fourth-order valence-corrected chi connectivity index (χ4v) is 1.78. The van der Waals surface area contributed by atoms with E-state index in [4.69, 9.17) is 10.9 Å².